The Morgan fingerprint density at radius 1 is 1.29 bits per heavy atom. The molecule has 0 bridgehead atoms. The zero-order chi connectivity index (χ0) is 15.1. The van der Waals surface area contributed by atoms with Gasteiger partial charge >= 0.3 is 0 Å². The van der Waals surface area contributed by atoms with Gasteiger partial charge in [0, 0.05) is 13.1 Å². The van der Waals surface area contributed by atoms with Crippen LogP contribution in [0.15, 0.2) is 24.3 Å². The van der Waals surface area contributed by atoms with E-state index in [1.807, 2.05) is 12.1 Å². The molecule has 0 aliphatic carbocycles. The normalized spacial score (nSPS) is 16.9. The third kappa shape index (κ3) is 5.37. The molecule has 1 saturated heterocycles. The lowest BCUT2D eigenvalue weighted by Crippen LogP contribution is -2.36. The van der Waals surface area contributed by atoms with Crippen LogP contribution in [0.4, 0.5) is 0 Å². The van der Waals surface area contributed by atoms with Crippen molar-refractivity contribution in [2.45, 2.75) is 12.8 Å². The standard InChI is InChI=1S/C17H25N3O/c1-19-9-7-16(8-10-19)14-20(2)11-12-21-17-5-3-15(13-18)4-6-17/h3-6,16H,7-12,14H2,1-2H3. The summed E-state index contributed by atoms with van der Waals surface area (Å²) < 4.78 is 5.72. The number of hydrogen-bond acceptors (Lipinski definition) is 4. The molecule has 0 radical (unpaired) electrons. The van der Waals surface area contributed by atoms with Gasteiger partial charge in [-0.05, 0) is 70.2 Å². The number of likely N-dealkylation sites (N-methyl/N-ethyl adjacent to an activating group) is 1. The lowest BCUT2D eigenvalue weighted by atomic mass is 9.97. The molecule has 0 N–H and O–H groups in total. The van der Waals surface area contributed by atoms with Crippen LogP contribution >= 0.6 is 0 Å². The average Bonchev–Trinajstić information content (AvgIpc) is 2.50. The first kappa shape index (κ1) is 15.8. The zero-order valence-corrected chi connectivity index (χ0v) is 13.1. The van der Waals surface area contributed by atoms with Crippen LogP contribution in [0.3, 0.4) is 0 Å². The Morgan fingerprint density at radius 2 is 1.95 bits per heavy atom. The van der Waals surface area contributed by atoms with E-state index in [1.165, 1.54) is 25.9 Å². The third-order valence-corrected chi connectivity index (χ3v) is 4.13. The number of rotatable bonds is 6. The first-order valence-corrected chi connectivity index (χ1v) is 7.67. The Labute approximate surface area is 127 Å². The Kier molecular flexibility index (Phi) is 6.04. The van der Waals surface area contributed by atoms with Crippen molar-refractivity contribution in [3.63, 3.8) is 0 Å². The predicted molar refractivity (Wildman–Crippen MR) is 84.4 cm³/mol. The molecule has 4 nitrogen and oxygen atoms in total. The SMILES string of the molecule is CN1CCC(CN(C)CCOc2ccc(C#N)cc2)CC1. The second-order valence-electron chi connectivity index (χ2n) is 5.99. The van der Waals surface area contributed by atoms with Crippen LogP contribution in [0, 0.1) is 17.2 Å². The summed E-state index contributed by atoms with van der Waals surface area (Å²) in [5, 5.41) is 8.75. The fraction of sp³-hybridized carbons (Fsp3) is 0.588. The first-order chi connectivity index (χ1) is 10.2. The van der Waals surface area contributed by atoms with Gasteiger partial charge in [0.1, 0.15) is 12.4 Å². The fourth-order valence-corrected chi connectivity index (χ4v) is 2.72. The maximum Gasteiger partial charge on any atom is 0.119 e. The van der Waals surface area contributed by atoms with Crippen molar-refractivity contribution < 1.29 is 4.74 Å². The van der Waals surface area contributed by atoms with E-state index >= 15 is 0 Å². The number of hydrogen-bond donors (Lipinski definition) is 0. The summed E-state index contributed by atoms with van der Waals surface area (Å²) in [6, 6.07) is 9.40. The van der Waals surface area contributed by atoms with E-state index in [9.17, 15) is 0 Å². The van der Waals surface area contributed by atoms with Gasteiger partial charge in [0.2, 0.25) is 0 Å². The maximum absolute atomic E-state index is 8.75. The molecule has 1 aromatic rings. The van der Waals surface area contributed by atoms with E-state index in [-0.39, 0.29) is 0 Å². The Hall–Kier alpha value is -1.57. The minimum absolute atomic E-state index is 0.668. The molecule has 0 spiro atoms. The van der Waals surface area contributed by atoms with Gasteiger partial charge in [-0.15, -0.1) is 0 Å². The van der Waals surface area contributed by atoms with Gasteiger partial charge in [0.15, 0.2) is 0 Å². The number of piperidine rings is 1. The van der Waals surface area contributed by atoms with Crippen molar-refractivity contribution in [3.8, 4) is 11.8 Å². The number of nitrogens with zero attached hydrogens (tertiary/aromatic N) is 3. The topological polar surface area (TPSA) is 39.5 Å². The van der Waals surface area contributed by atoms with Crippen molar-refractivity contribution in [3.05, 3.63) is 29.8 Å². The summed E-state index contributed by atoms with van der Waals surface area (Å²) >= 11 is 0. The number of benzene rings is 1. The lowest BCUT2D eigenvalue weighted by Gasteiger charge is -2.31. The van der Waals surface area contributed by atoms with Gasteiger partial charge in [-0.2, -0.15) is 5.26 Å². The summed E-state index contributed by atoms with van der Waals surface area (Å²) in [7, 11) is 4.37. The van der Waals surface area contributed by atoms with E-state index < -0.39 is 0 Å². The Bertz CT molecular complexity index is 458. The first-order valence-electron chi connectivity index (χ1n) is 7.67. The summed E-state index contributed by atoms with van der Waals surface area (Å²) in [4.78, 5) is 4.77. The molecule has 1 fully saturated rings. The monoisotopic (exact) mass is 287 g/mol. The van der Waals surface area contributed by atoms with Crippen LogP contribution in [0.2, 0.25) is 0 Å². The van der Waals surface area contributed by atoms with Gasteiger partial charge in [-0.3, -0.25) is 0 Å². The highest BCUT2D eigenvalue weighted by atomic mass is 16.5. The molecule has 0 amide bonds. The highest BCUT2D eigenvalue weighted by Gasteiger charge is 2.17. The molecule has 0 unspecified atom stereocenters. The molecule has 1 heterocycles. The maximum atomic E-state index is 8.75. The van der Waals surface area contributed by atoms with E-state index in [2.05, 4.69) is 30.0 Å². The molecule has 0 atom stereocenters. The van der Waals surface area contributed by atoms with E-state index in [4.69, 9.17) is 10.00 Å². The summed E-state index contributed by atoms with van der Waals surface area (Å²) in [6.45, 7) is 5.23. The molecule has 114 valence electrons. The second-order valence-corrected chi connectivity index (χ2v) is 5.99. The molecule has 1 aromatic carbocycles. The van der Waals surface area contributed by atoms with Crippen LogP contribution in [-0.4, -0.2) is 56.7 Å². The van der Waals surface area contributed by atoms with E-state index in [1.54, 1.807) is 12.1 Å². The van der Waals surface area contributed by atoms with Crippen molar-refractivity contribution >= 4 is 0 Å². The molecular weight excluding hydrogens is 262 g/mol. The van der Waals surface area contributed by atoms with Gasteiger partial charge in [0.05, 0.1) is 11.6 Å². The fourth-order valence-electron chi connectivity index (χ4n) is 2.72. The second kappa shape index (κ2) is 8.02. The van der Waals surface area contributed by atoms with Crippen LogP contribution in [0.1, 0.15) is 18.4 Å². The van der Waals surface area contributed by atoms with Gasteiger partial charge in [-0.1, -0.05) is 0 Å². The highest BCUT2D eigenvalue weighted by molar-refractivity contribution is 5.34. The summed E-state index contributed by atoms with van der Waals surface area (Å²) in [5.41, 5.74) is 0.668. The van der Waals surface area contributed by atoms with Crippen molar-refractivity contribution in [2.24, 2.45) is 5.92 Å². The summed E-state index contributed by atoms with van der Waals surface area (Å²) in [6.07, 6.45) is 2.61. The lowest BCUT2D eigenvalue weighted by molar-refractivity contribution is 0.162. The molecular formula is C17H25N3O. The summed E-state index contributed by atoms with van der Waals surface area (Å²) in [5.74, 6) is 1.66. The number of ether oxygens (including phenoxy) is 1. The number of likely N-dealkylation sites (tertiary alicyclic amines) is 1. The van der Waals surface area contributed by atoms with Crippen LogP contribution < -0.4 is 4.74 Å². The highest BCUT2D eigenvalue weighted by Crippen LogP contribution is 2.17. The largest absolute Gasteiger partial charge is 0.492 e. The molecule has 4 heteroatoms. The zero-order valence-electron chi connectivity index (χ0n) is 13.1. The van der Waals surface area contributed by atoms with Crippen LogP contribution in [0.25, 0.3) is 0 Å². The Morgan fingerprint density at radius 3 is 2.57 bits per heavy atom. The molecule has 1 aliphatic heterocycles. The molecule has 2 rings (SSSR count). The minimum Gasteiger partial charge on any atom is -0.492 e. The quantitative estimate of drug-likeness (QED) is 0.804. The van der Waals surface area contributed by atoms with Crippen LogP contribution in [0.5, 0.6) is 5.75 Å². The van der Waals surface area contributed by atoms with Gasteiger partial charge in [-0.25, -0.2) is 0 Å². The van der Waals surface area contributed by atoms with E-state index in [0.29, 0.717) is 12.2 Å². The van der Waals surface area contributed by atoms with Gasteiger partial charge in [0.25, 0.3) is 0 Å². The third-order valence-electron chi connectivity index (χ3n) is 4.13. The van der Waals surface area contributed by atoms with Crippen LogP contribution in [-0.2, 0) is 0 Å². The van der Waals surface area contributed by atoms with Crippen molar-refractivity contribution in [1.82, 2.24) is 9.80 Å². The smallest absolute Gasteiger partial charge is 0.119 e. The minimum atomic E-state index is 0.668. The Balaban J connectivity index is 1.64. The van der Waals surface area contributed by atoms with Crippen molar-refractivity contribution in [1.29, 1.82) is 5.26 Å². The van der Waals surface area contributed by atoms with Crippen molar-refractivity contribution in [2.75, 3.05) is 46.9 Å². The molecule has 1 aliphatic rings. The van der Waals surface area contributed by atoms with E-state index in [0.717, 1.165) is 24.8 Å². The number of nitriles is 1. The average molecular weight is 287 g/mol. The predicted octanol–water partition coefficient (Wildman–Crippen LogP) is 2.21. The van der Waals surface area contributed by atoms with Gasteiger partial charge < -0.3 is 14.5 Å². The molecule has 0 saturated carbocycles. The molecule has 0 aromatic heterocycles. The molecule has 21 heavy (non-hydrogen) atoms.